The Labute approximate surface area is 146 Å². The van der Waals surface area contributed by atoms with Gasteiger partial charge in [0.25, 0.3) is 0 Å². The molecule has 0 saturated heterocycles. The van der Waals surface area contributed by atoms with Crippen LogP contribution in [0.4, 0.5) is 0 Å². The summed E-state index contributed by atoms with van der Waals surface area (Å²) >= 11 is 0. The van der Waals surface area contributed by atoms with Gasteiger partial charge >= 0.3 is 0 Å². The fourth-order valence-electron chi connectivity index (χ4n) is 6.90. The van der Waals surface area contributed by atoms with Gasteiger partial charge < -0.3 is 0 Å². The SMILES string of the molecule is CC1(C)CCC[C@]2(C)[C@@H]1CC[C@]1(C)C(c3ccccc3)=CC(=O)[C@H]21. The number of allylic oxidation sites excluding steroid dienone is 2. The number of benzene rings is 1. The first-order valence-corrected chi connectivity index (χ1v) is 9.60. The Balaban J connectivity index is 1.80. The maximum absolute atomic E-state index is 13.2. The van der Waals surface area contributed by atoms with E-state index in [0.717, 1.165) is 6.42 Å². The van der Waals surface area contributed by atoms with Gasteiger partial charge in [0.1, 0.15) is 0 Å². The number of rotatable bonds is 1. The van der Waals surface area contributed by atoms with Gasteiger partial charge in [-0.2, -0.15) is 0 Å². The van der Waals surface area contributed by atoms with Gasteiger partial charge in [-0.15, -0.1) is 0 Å². The quantitative estimate of drug-likeness (QED) is 0.629. The van der Waals surface area contributed by atoms with Crippen LogP contribution in [0.2, 0.25) is 0 Å². The van der Waals surface area contributed by atoms with Crippen LogP contribution in [0.1, 0.15) is 65.4 Å². The largest absolute Gasteiger partial charge is 0.294 e. The van der Waals surface area contributed by atoms with Crippen LogP contribution in [0.5, 0.6) is 0 Å². The molecular weight excluding hydrogens is 292 g/mol. The molecule has 2 saturated carbocycles. The predicted molar refractivity (Wildman–Crippen MR) is 99.5 cm³/mol. The molecule has 0 radical (unpaired) electrons. The highest BCUT2D eigenvalue weighted by molar-refractivity contribution is 6.06. The van der Waals surface area contributed by atoms with E-state index in [4.69, 9.17) is 0 Å². The van der Waals surface area contributed by atoms with Gasteiger partial charge in [0.05, 0.1) is 0 Å². The molecule has 0 spiro atoms. The zero-order valence-electron chi connectivity index (χ0n) is 15.6. The smallest absolute Gasteiger partial charge is 0.160 e. The fraction of sp³-hybridized carbons (Fsp3) is 0.609. The van der Waals surface area contributed by atoms with Crippen molar-refractivity contribution in [2.24, 2.45) is 28.1 Å². The molecule has 3 aliphatic carbocycles. The molecule has 1 aromatic rings. The van der Waals surface area contributed by atoms with E-state index < -0.39 is 0 Å². The highest BCUT2D eigenvalue weighted by Crippen LogP contribution is 2.68. The van der Waals surface area contributed by atoms with Gasteiger partial charge in [-0.25, -0.2) is 0 Å². The third kappa shape index (κ3) is 2.03. The van der Waals surface area contributed by atoms with Crippen molar-refractivity contribution in [3.63, 3.8) is 0 Å². The molecule has 1 nitrogen and oxygen atoms in total. The molecule has 0 aliphatic heterocycles. The lowest BCUT2D eigenvalue weighted by atomic mass is 9.43. The molecule has 24 heavy (non-hydrogen) atoms. The third-order valence-electron chi connectivity index (χ3n) is 7.80. The van der Waals surface area contributed by atoms with Crippen molar-refractivity contribution in [2.45, 2.75) is 59.8 Å². The average Bonchev–Trinajstić information content (AvgIpc) is 2.79. The maximum Gasteiger partial charge on any atom is 0.160 e. The summed E-state index contributed by atoms with van der Waals surface area (Å²) in [7, 11) is 0. The van der Waals surface area contributed by atoms with E-state index in [-0.39, 0.29) is 16.7 Å². The summed E-state index contributed by atoms with van der Waals surface area (Å²) in [5, 5.41) is 0. The highest BCUT2D eigenvalue weighted by Gasteiger charge is 2.63. The lowest BCUT2D eigenvalue weighted by molar-refractivity contribution is -0.143. The summed E-state index contributed by atoms with van der Waals surface area (Å²) < 4.78 is 0. The Hall–Kier alpha value is -1.37. The summed E-state index contributed by atoms with van der Waals surface area (Å²) in [6.45, 7) is 9.66. The second-order valence-corrected chi connectivity index (χ2v) is 9.62. The molecule has 4 rings (SSSR count). The van der Waals surface area contributed by atoms with Gasteiger partial charge in [-0.1, -0.05) is 64.4 Å². The normalized spacial score (nSPS) is 40.7. The van der Waals surface area contributed by atoms with Crippen LogP contribution in [0.3, 0.4) is 0 Å². The Morgan fingerprint density at radius 3 is 2.38 bits per heavy atom. The minimum Gasteiger partial charge on any atom is -0.294 e. The Kier molecular flexibility index (Phi) is 3.40. The maximum atomic E-state index is 13.2. The van der Waals surface area contributed by atoms with Crippen molar-refractivity contribution in [1.82, 2.24) is 0 Å². The van der Waals surface area contributed by atoms with Crippen LogP contribution in [0.15, 0.2) is 36.4 Å². The molecule has 0 unspecified atom stereocenters. The number of fused-ring (bicyclic) bond motifs is 3. The summed E-state index contributed by atoms with van der Waals surface area (Å²) in [5.74, 6) is 1.23. The molecule has 3 aliphatic rings. The minimum absolute atomic E-state index is 0.0110. The molecule has 1 aromatic carbocycles. The molecule has 4 atom stereocenters. The van der Waals surface area contributed by atoms with E-state index in [9.17, 15) is 4.79 Å². The fourth-order valence-corrected chi connectivity index (χ4v) is 6.90. The Bertz CT molecular complexity index is 698. The van der Waals surface area contributed by atoms with E-state index in [1.165, 1.54) is 36.8 Å². The number of carbonyl (C=O) groups is 1. The average molecular weight is 322 g/mol. The molecule has 0 amide bonds. The van der Waals surface area contributed by atoms with Crippen molar-refractivity contribution >= 4 is 11.4 Å². The Morgan fingerprint density at radius 1 is 0.958 bits per heavy atom. The van der Waals surface area contributed by atoms with Crippen molar-refractivity contribution < 1.29 is 4.79 Å². The summed E-state index contributed by atoms with van der Waals surface area (Å²) in [6, 6.07) is 10.6. The summed E-state index contributed by atoms with van der Waals surface area (Å²) in [5.41, 5.74) is 3.06. The van der Waals surface area contributed by atoms with Crippen LogP contribution in [-0.4, -0.2) is 5.78 Å². The summed E-state index contributed by atoms with van der Waals surface area (Å²) in [4.78, 5) is 13.2. The van der Waals surface area contributed by atoms with Gasteiger partial charge in [0.2, 0.25) is 0 Å². The predicted octanol–water partition coefficient (Wildman–Crippen LogP) is 5.90. The summed E-state index contributed by atoms with van der Waals surface area (Å²) in [6.07, 6.45) is 8.18. The second-order valence-electron chi connectivity index (χ2n) is 9.62. The zero-order chi connectivity index (χ0) is 17.2. The first kappa shape index (κ1) is 16.1. The van der Waals surface area contributed by atoms with E-state index in [0.29, 0.717) is 17.1 Å². The number of hydrogen-bond acceptors (Lipinski definition) is 1. The van der Waals surface area contributed by atoms with Crippen LogP contribution >= 0.6 is 0 Å². The number of ketones is 1. The first-order valence-electron chi connectivity index (χ1n) is 9.60. The van der Waals surface area contributed by atoms with E-state index in [1.54, 1.807) is 0 Å². The molecule has 2 fully saturated rings. The topological polar surface area (TPSA) is 17.1 Å². The third-order valence-corrected chi connectivity index (χ3v) is 7.80. The van der Waals surface area contributed by atoms with Crippen LogP contribution in [0, 0.1) is 28.1 Å². The Morgan fingerprint density at radius 2 is 1.67 bits per heavy atom. The lowest BCUT2D eigenvalue weighted by Gasteiger charge is -2.60. The minimum atomic E-state index is 0.0110. The molecule has 128 valence electrons. The van der Waals surface area contributed by atoms with Gasteiger partial charge in [0, 0.05) is 11.3 Å². The zero-order valence-corrected chi connectivity index (χ0v) is 15.6. The monoisotopic (exact) mass is 322 g/mol. The van der Waals surface area contributed by atoms with Gasteiger partial charge in [-0.05, 0) is 59.6 Å². The standard InChI is InChI=1S/C23H30O/c1-21(2)12-8-13-23(4)19(21)11-14-22(3)17(15-18(24)20(22)23)16-9-6-5-7-10-16/h5-7,9-10,15,19-20H,8,11-14H2,1-4H3/t19-,20+,22-,23-/m1/s1. The van der Waals surface area contributed by atoms with Crippen molar-refractivity contribution in [3.05, 3.63) is 42.0 Å². The van der Waals surface area contributed by atoms with Crippen molar-refractivity contribution in [2.75, 3.05) is 0 Å². The van der Waals surface area contributed by atoms with E-state index >= 15 is 0 Å². The van der Waals surface area contributed by atoms with Gasteiger partial charge in [-0.3, -0.25) is 4.79 Å². The molecule has 0 N–H and O–H groups in total. The van der Waals surface area contributed by atoms with Crippen LogP contribution < -0.4 is 0 Å². The first-order chi connectivity index (χ1) is 11.3. The molecule has 1 heteroatoms. The van der Waals surface area contributed by atoms with Gasteiger partial charge in [0.15, 0.2) is 5.78 Å². The van der Waals surface area contributed by atoms with Crippen LogP contribution in [0.25, 0.3) is 5.57 Å². The lowest BCUT2D eigenvalue weighted by Crippen LogP contribution is -2.55. The molecule has 0 aromatic heterocycles. The van der Waals surface area contributed by atoms with E-state index in [1.807, 2.05) is 6.08 Å². The highest BCUT2D eigenvalue weighted by atomic mass is 16.1. The number of hydrogen-bond donors (Lipinski definition) is 0. The van der Waals surface area contributed by atoms with Crippen LogP contribution in [-0.2, 0) is 4.79 Å². The second kappa shape index (κ2) is 5.07. The molecule has 0 bridgehead atoms. The van der Waals surface area contributed by atoms with E-state index in [2.05, 4.69) is 58.0 Å². The molecule has 0 heterocycles. The number of carbonyl (C=O) groups excluding carboxylic acids is 1. The van der Waals surface area contributed by atoms with Crippen molar-refractivity contribution in [3.8, 4) is 0 Å². The van der Waals surface area contributed by atoms with Crippen molar-refractivity contribution in [1.29, 1.82) is 0 Å². The molecular formula is C23H30O.